The average Bonchev–Trinajstić information content (AvgIpc) is 2.44. The highest BCUT2D eigenvalue weighted by Gasteiger charge is 2.11. The van der Waals surface area contributed by atoms with Gasteiger partial charge in [0.15, 0.2) is 0 Å². The van der Waals surface area contributed by atoms with Gasteiger partial charge >= 0.3 is 0 Å². The summed E-state index contributed by atoms with van der Waals surface area (Å²) < 4.78 is 0. The first-order chi connectivity index (χ1) is 9.74. The van der Waals surface area contributed by atoms with E-state index in [2.05, 4.69) is 33.0 Å². The Labute approximate surface area is 129 Å². The summed E-state index contributed by atoms with van der Waals surface area (Å²) >= 11 is 0. The third-order valence-electron chi connectivity index (χ3n) is 4.32. The van der Waals surface area contributed by atoms with E-state index in [0.717, 1.165) is 6.04 Å². The van der Waals surface area contributed by atoms with Gasteiger partial charge in [0.2, 0.25) is 0 Å². The zero-order chi connectivity index (χ0) is 15.1. The highest BCUT2D eigenvalue weighted by molar-refractivity contribution is 4.72. The van der Waals surface area contributed by atoms with Crippen LogP contribution in [-0.4, -0.2) is 12.1 Å². The predicted molar refractivity (Wildman–Crippen MR) is 93.4 cm³/mol. The Hall–Kier alpha value is -0.0400. The third kappa shape index (κ3) is 13.0. The average molecular weight is 284 g/mol. The second-order valence-corrected chi connectivity index (χ2v) is 6.61. The number of hydrogen-bond donors (Lipinski definition) is 1. The van der Waals surface area contributed by atoms with Crippen LogP contribution in [0.3, 0.4) is 0 Å². The Kier molecular flexibility index (Phi) is 15.3. The highest BCUT2D eigenvalue weighted by atomic mass is 14.9. The van der Waals surface area contributed by atoms with Gasteiger partial charge in [-0.15, -0.1) is 0 Å². The molecule has 0 heterocycles. The van der Waals surface area contributed by atoms with Gasteiger partial charge in [-0.3, -0.25) is 0 Å². The van der Waals surface area contributed by atoms with Gasteiger partial charge < -0.3 is 5.32 Å². The summed E-state index contributed by atoms with van der Waals surface area (Å²) in [5.74, 6) is 0. The molecule has 1 nitrogen and oxygen atoms in total. The van der Waals surface area contributed by atoms with E-state index in [1.54, 1.807) is 0 Å². The molecule has 1 heteroatoms. The summed E-state index contributed by atoms with van der Waals surface area (Å²) in [7, 11) is 0. The molecule has 0 bridgehead atoms. The van der Waals surface area contributed by atoms with Crippen LogP contribution < -0.4 is 5.32 Å². The molecule has 0 aliphatic heterocycles. The molecule has 0 saturated carbocycles. The number of nitrogens with one attached hydrogen (secondary N) is 1. The lowest BCUT2D eigenvalue weighted by molar-refractivity contribution is 0.363. The van der Waals surface area contributed by atoms with Crippen LogP contribution in [0.5, 0.6) is 0 Å². The quantitative estimate of drug-likeness (QED) is 0.340. The minimum absolute atomic E-state index is 0.708. The van der Waals surface area contributed by atoms with Crippen molar-refractivity contribution >= 4 is 0 Å². The minimum atomic E-state index is 0.708. The van der Waals surface area contributed by atoms with E-state index in [-0.39, 0.29) is 0 Å². The number of unbranched alkanes of at least 4 members (excludes halogenated alkanes) is 7. The molecular weight excluding hydrogens is 242 g/mol. The molecule has 0 spiro atoms. The first-order valence-electron chi connectivity index (χ1n) is 9.50. The Morgan fingerprint density at radius 2 is 1.05 bits per heavy atom. The maximum absolute atomic E-state index is 3.91. The van der Waals surface area contributed by atoms with Crippen LogP contribution >= 0.6 is 0 Å². The van der Waals surface area contributed by atoms with Crippen molar-refractivity contribution in [3.05, 3.63) is 0 Å². The van der Waals surface area contributed by atoms with E-state index in [1.165, 1.54) is 83.5 Å². The van der Waals surface area contributed by atoms with Gasteiger partial charge in [-0.05, 0) is 26.2 Å². The van der Waals surface area contributed by atoms with Crippen molar-refractivity contribution in [3.63, 3.8) is 0 Å². The van der Waals surface area contributed by atoms with Gasteiger partial charge in [0.05, 0.1) is 0 Å². The molecule has 0 aliphatic rings. The lowest BCUT2D eigenvalue weighted by Crippen LogP contribution is -2.36. The smallest absolute Gasteiger partial charge is 0.00695 e. The topological polar surface area (TPSA) is 12.0 Å². The summed E-state index contributed by atoms with van der Waals surface area (Å²) in [6.45, 7) is 9.28. The zero-order valence-electron chi connectivity index (χ0n) is 14.8. The lowest BCUT2D eigenvalue weighted by atomic mass is 10.00. The first kappa shape index (κ1) is 20.0. The van der Waals surface area contributed by atoms with E-state index in [4.69, 9.17) is 0 Å². The van der Waals surface area contributed by atoms with Gasteiger partial charge in [-0.25, -0.2) is 0 Å². The number of hydrogen-bond acceptors (Lipinski definition) is 1. The molecule has 0 aromatic heterocycles. The van der Waals surface area contributed by atoms with Crippen molar-refractivity contribution in [2.75, 3.05) is 0 Å². The summed E-state index contributed by atoms with van der Waals surface area (Å²) in [5.41, 5.74) is 0. The minimum Gasteiger partial charge on any atom is -0.312 e. The standard InChI is InChI=1S/C19H41N/c1-5-8-11-14-15-18(4)20-19(16-12-9-6-2)17-13-10-7-3/h18-20H,5-17H2,1-4H3. The predicted octanol–water partition coefficient (Wildman–Crippen LogP) is 6.46. The second kappa shape index (κ2) is 15.4. The molecule has 0 radical (unpaired) electrons. The first-order valence-corrected chi connectivity index (χ1v) is 9.50. The molecule has 0 saturated heterocycles. The van der Waals surface area contributed by atoms with Crippen LogP contribution in [0.25, 0.3) is 0 Å². The molecule has 1 unspecified atom stereocenters. The second-order valence-electron chi connectivity index (χ2n) is 6.61. The van der Waals surface area contributed by atoms with Gasteiger partial charge in [0, 0.05) is 12.1 Å². The fraction of sp³-hybridized carbons (Fsp3) is 1.00. The van der Waals surface area contributed by atoms with Crippen LogP contribution in [0.4, 0.5) is 0 Å². The molecule has 0 aliphatic carbocycles. The monoisotopic (exact) mass is 283 g/mol. The Bertz CT molecular complexity index is 169. The fourth-order valence-electron chi connectivity index (χ4n) is 2.96. The summed E-state index contributed by atoms with van der Waals surface area (Å²) in [5, 5.41) is 3.91. The Morgan fingerprint density at radius 1 is 0.600 bits per heavy atom. The van der Waals surface area contributed by atoms with Crippen molar-refractivity contribution in [2.45, 2.75) is 123 Å². The SMILES string of the molecule is CCCCCCC(C)NC(CCCCC)CCCCC. The molecule has 0 rings (SSSR count). The normalized spacial score (nSPS) is 13.1. The van der Waals surface area contributed by atoms with E-state index in [0.29, 0.717) is 6.04 Å². The van der Waals surface area contributed by atoms with Crippen molar-refractivity contribution in [3.8, 4) is 0 Å². The van der Waals surface area contributed by atoms with Crippen molar-refractivity contribution in [2.24, 2.45) is 0 Å². The fourth-order valence-corrected chi connectivity index (χ4v) is 2.96. The third-order valence-corrected chi connectivity index (χ3v) is 4.32. The molecule has 20 heavy (non-hydrogen) atoms. The van der Waals surface area contributed by atoms with Crippen LogP contribution in [0.1, 0.15) is 111 Å². The Morgan fingerprint density at radius 3 is 1.55 bits per heavy atom. The zero-order valence-corrected chi connectivity index (χ0v) is 14.8. The molecule has 0 amide bonds. The van der Waals surface area contributed by atoms with E-state index in [9.17, 15) is 0 Å². The van der Waals surface area contributed by atoms with E-state index < -0.39 is 0 Å². The van der Waals surface area contributed by atoms with Crippen LogP contribution in [0, 0.1) is 0 Å². The summed E-state index contributed by atoms with van der Waals surface area (Å²) in [4.78, 5) is 0. The largest absolute Gasteiger partial charge is 0.312 e. The van der Waals surface area contributed by atoms with Gasteiger partial charge in [0.1, 0.15) is 0 Å². The van der Waals surface area contributed by atoms with E-state index in [1.807, 2.05) is 0 Å². The number of rotatable bonds is 15. The Balaban J connectivity index is 3.84. The maximum atomic E-state index is 3.91. The molecule has 0 aromatic rings. The van der Waals surface area contributed by atoms with Crippen LogP contribution in [-0.2, 0) is 0 Å². The van der Waals surface area contributed by atoms with Crippen molar-refractivity contribution in [1.29, 1.82) is 0 Å². The molecular formula is C19H41N. The van der Waals surface area contributed by atoms with Crippen molar-refractivity contribution in [1.82, 2.24) is 5.32 Å². The molecule has 122 valence electrons. The molecule has 1 N–H and O–H groups in total. The van der Waals surface area contributed by atoms with Crippen LogP contribution in [0.2, 0.25) is 0 Å². The summed E-state index contributed by atoms with van der Waals surface area (Å²) in [6.07, 6.45) is 18.0. The van der Waals surface area contributed by atoms with Crippen molar-refractivity contribution < 1.29 is 0 Å². The maximum Gasteiger partial charge on any atom is 0.00695 e. The van der Waals surface area contributed by atoms with Gasteiger partial charge in [0.25, 0.3) is 0 Å². The molecule has 0 aromatic carbocycles. The van der Waals surface area contributed by atoms with Gasteiger partial charge in [-0.2, -0.15) is 0 Å². The van der Waals surface area contributed by atoms with Crippen LogP contribution in [0.15, 0.2) is 0 Å². The van der Waals surface area contributed by atoms with E-state index >= 15 is 0 Å². The lowest BCUT2D eigenvalue weighted by Gasteiger charge is -2.23. The summed E-state index contributed by atoms with van der Waals surface area (Å²) in [6, 6.07) is 1.48. The molecule has 1 atom stereocenters. The molecule has 0 fully saturated rings. The van der Waals surface area contributed by atoms with Gasteiger partial charge in [-0.1, -0.05) is 85.0 Å². The highest BCUT2D eigenvalue weighted by Crippen LogP contribution is 2.13.